The van der Waals surface area contributed by atoms with E-state index in [9.17, 15) is 14.4 Å². The van der Waals surface area contributed by atoms with Gasteiger partial charge in [-0.25, -0.2) is 0 Å². The predicted octanol–water partition coefficient (Wildman–Crippen LogP) is 19.5. The van der Waals surface area contributed by atoms with Crippen molar-refractivity contribution in [1.82, 2.24) is 0 Å². The summed E-state index contributed by atoms with van der Waals surface area (Å²) < 4.78 is 16.8. The van der Waals surface area contributed by atoms with Gasteiger partial charge in [-0.2, -0.15) is 0 Å². The third-order valence-electron chi connectivity index (χ3n) is 12.3. The summed E-state index contributed by atoms with van der Waals surface area (Å²) in [5, 5.41) is 0. The van der Waals surface area contributed by atoms with Gasteiger partial charge in [0, 0.05) is 19.3 Å². The van der Waals surface area contributed by atoms with E-state index in [1.165, 1.54) is 148 Å². The first-order chi connectivity index (χ1) is 34.0. The molecule has 0 bridgehead atoms. The van der Waals surface area contributed by atoms with Crippen LogP contribution in [0, 0.1) is 0 Å². The Hall–Kier alpha value is -3.41. The second kappa shape index (κ2) is 57.2. The van der Waals surface area contributed by atoms with Gasteiger partial charge in [-0.1, -0.05) is 221 Å². The van der Waals surface area contributed by atoms with Crippen LogP contribution in [0.2, 0.25) is 0 Å². The van der Waals surface area contributed by atoms with Gasteiger partial charge in [0.1, 0.15) is 13.2 Å². The van der Waals surface area contributed by atoms with Crippen LogP contribution in [-0.2, 0) is 28.6 Å². The quantitative estimate of drug-likeness (QED) is 0.0262. The summed E-state index contributed by atoms with van der Waals surface area (Å²) in [7, 11) is 0. The Kier molecular flexibility index (Phi) is 54.3. The molecule has 0 aliphatic carbocycles. The van der Waals surface area contributed by atoms with Crippen LogP contribution in [0.3, 0.4) is 0 Å². The van der Waals surface area contributed by atoms with E-state index < -0.39 is 6.10 Å². The number of hydrogen-bond donors (Lipinski definition) is 0. The van der Waals surface area contributed by atoms with Crippen LogP contribution in [0.4, 0.5) is 0 Å². The molecule has 0 heterocycles. The van der Waals surface area contributed by atoms with Crippen molar-refractivity contribution >= 4 is 17.9 Å². The van der Waals surface area contributed by atoms with Crippen molar-refractivity contribution in [3.8, 4) is 0 Å². The molecule has 6 nitrogen and oxygen atoms in total. The largest absolute Gasteiger partial charge is 0.462 e. The van der Waals surface area contributed by atoms with Crippen LogP contribution in [0.25, 0.3) is 0 Å². The highest BCUT2D eigenvalue weighted by Crippen LogP contribution is 2.15. The van der Waals surface area contributed by atoms with Crippen molar-refractivity contribution < 1.29 is 28.6 Å². The van der Waals surface area contributed by atoms with E-state index in [0.29, 0.717) is 19.3 Å². The van der Waals surface area contributed by atoms with Gasteiger partial charge in [0.2, 0.25) is 0 Å². The highest BCUT2D eigenvalue weighted by Gasteiger charge is 2.19. The van der Waals surface area contributed by atoms with Gasteiger partial charge in [0.25, 0.3) is 0 Å². The first-order valence-electron chi connectivity index (χ1n) is 29.1. The minimum absolute atomic E-state index is 0.0944. The summed E-state index contributed by atoms with van der Waals surface area (Å²) in [5.74, 6) is -0.940. The molecule has 69 heavy (non-hydrogen) atoms. The molecule has 0 amide bonds. The highest BCUT2D eigenvalue weighted by atomic mass is 16.6. The Bertz CT molecular complexity index is 1330. The van der Waals surface area contributed by atoms with Gasteiger partial charge in [-0.05, 0) is 122 Å². The van der Waals surface area contributed by atoms with Crippen LogP contribution in [0.1, 0.15) is 278 Å². The van der Waals surface area contributed by atoms with Crippen molar-refractivity contribution in [3.05, 3.63) is 85.1 Å². The molecule has 0 saturated carbocycles. The lowest BCUT2D eigenvalue weighted by atomic mass is 10.1. The number of hydrogen-bond acceptors (Lipinski definition) is 6. The SMILES string of the molecule is CCCCC/C=C\C/C=C\C/C=C\CCCCC(=O)OC[C@@H](COC(=O)CCCCCCCCC/C=C\C/C=C\CCCCC)OC(=O)CCCCCCCCCCC/C=C\C/C=C\CCCCC. The van der Waals surface area contributed by atoms with Gasteiger partial charge in [0.05, 0.1) is 0 Å². The van der Waals surface area contributed by atoms with Gasteiger partial charge in [0.15, 0.2) is 6.10 Å². The molecule has 396 valence electrons. The summed E-state index contributed by atoms with van der Waals surface area (Å²) >= 11 is 0. The number of ether oxygens (including phenoxy) is 3. The molecule has 0 spiro atoms. The molecular formula is C63H108O6. The van der Waals surface area contributed by atoms with Crippen LogP contribution in [0.15, 0.2) is 85.1 Å². The van der Waals surface area contributed by atoms with E-state index >= 15 is 0 Å². The third kappa shape index (κ3) is 55.4. The standard InChI is InChI=1S/C63H108O6/c1-4-7-10-13-16-19-22-25-28-30-31-33-36-39-42-45-48-51-54-57-63(66)69-60(58-67-61(64)55-52-49-46-43-40-37-34-27-24-21-18-15-12-9-6-3)59-68-62(65)56-53-50-47-44-41-38-35-32-29-26-23-20-17-14-11-8-5-2/h16-21,25-29,34,40,43,60H,4-15,22-24,30-33,35-39,41-42,44-59H2,1-3H3/b19-16-,20-17-,21-18-,28-25-,29-26-,34-27-,43-40-/t60-/m0/s1. The first-order valence-corrected chi connectivity index (χ1v) is 29.1. The maximum Gasteiger partial charge on any atom is 0.306 e. The molecule has 0 aliphatic rings. The lowest BCUT2D eigenvalue weighted by Crippen LogP contribution is -2.30. The minimum Gasteiger partial charge on any atom is -0.462 e. The van der Waals surface area contributed by atoms with Crippen molar-refractivity contribution in [3.63, 3.8) is 0 Å². The van der Waals surface area contributed by atoms with Crippen molar-refractivity contribution in [2.24, 2.45) is 0 Å². The smallest absolute Gasteiger partial charge is 0.306 e. The number of carbonyl (C=O) groups is 3. The number of esters is 3. The summed E-state index contributed by atoms with van der Waals surface area (Å²) in [4.78, 5) is 38.2. The normalized spacial score (nSPS) is 12.7. The van der Waals surface area contributed by atoms with Crippen molar-refractivity contribution in [1.29, 1.82) is 0 Å². The predicted molar refractivity (Wildman–Crippen MR) is 297 cm³/mol. The number of rotatable bonds is 52. The fourth-order valence-corrected chi connectivity index (χ4v) is 7.92. The maximum atomic E-state index is 12.9. The Balaban J connectivity index is 4.45. The molecule has 6 heteroatoms. The van der Waals surface area contributed by atoms with Crippen LogP contribution in [0.5, 0.6) is 0 Å². The zero-order chi connectivity index (χ0) is 50.0. The van der Waals surface area contributed by atoms with Crippen LogP contribution in [-0.4, -0.2) is 37.2 Å². The fourth-order valence-electron chi connectivity index (χ4n) is 7.92. The molecule has 0 aromatic heterocycles. The monoisotopic (exact) mass is 961 g/mol. The Morgan fingerprint density at radius 2 is 0.522 bits per heavy atom. The molecule has 0 rings (SSSR count). The minimum atomic E-state index is -0.799. The van der Waals surface area contributed by atoms with E-state index in [1.807, 2.05) is 0 Å². The lowest BCUT2D eigenvalue weighted by Gasteiger charge is -2.18. The van der Waals surface area contributed by atoms with Crippen molar-refractivity contribution in [2.45, 2.75) is 284 Å². The average Bonchev–Trinajstić information content (AvgIpc) is 3.35. The van der Waals surface area contributed by atoms with Gasteiger partial charge < -0.3 is 14.2 Å². The average molecular weight is 962 g/mol. The van der Waals surface area contributed by atoms with E-state index in [1.54, 1.807) is 0 Å². The van der Waals surface area contributed by atoms with Gasteiger partial charge in [-0.15, -0.1) is 0 Å². The zero-order valence-electron chi connectivity index (χ0n) is 45.3. The second-order valence-corrected chi connectivity index (χ2v) is 19.2. The summed E-state index contributed by atoms with van der Waals surface area (Å²) in [6, 6.07) is 0. The lowest BCUT2D eigenvalue weighted by molar-refractivity contribution is -0.167. The molecule has 0 unspecified atom stereocenters. The molecule has 0 radical (unpaired) electrons. The molecule has 0 aromatic rings. The summed E-state index contributed by atoms with van der Waals surface area (Å²) in [5.41, 5.74) is 0. The molecule has 1 atom stereocenters. The van der Waals surface area contributed by atoms with Crippen LogP contribution < -0.4 is 0 Å². The Labute approximate surface area is 426 Å². The van der Waals surface area contributed by atoms with E-state index in [0.717, 1.165) is 89.9 Å². The second-order valence-electron chi connectivity index (χ2n) is 19.2. The van der Waals surface area contributed by atoms with Crippen LogP contribution >= 0.6 is 0 Å². The third-order valence-corrected chi connectivity index (χ3v) is 12.3. The zero-order valence-corrected chi connectivity index (χ0v) is 45.3. The molecule has 0 aromatic carbocycles. The van der Waals surface area contributed by atoms with Crippen molar-refractivity contribution in [2.75, 3.05) is 13.2 Å². The molecule has 0 aliphatic heterocycles. The maximum absolute atomic E-state index is 12.9. The molecule has 0 N–H and O–H groups in total. The van der Waals surface area contributed by atoms with E-state index in [-0.39, 0.29) is 31.1 Å². The number of allylic oxidation sites excluding steroid dienone is 14. The molecule has 0 fully saturated rings. The Morgan fingerprint density at radius 3 is 0.841 bits per heavy atom. The molecular weight excluding hydrogens is 853 g/mol. The topological polar surface area (TPSA) is 78.9 Å². The summed E-state index contributed by atoms with van der Waals surface area (Å²) in [6.07, 6.45) is 74.2. The Morgan fingerprint density at radius 1 is 0.290 bits per heavy atom. The van der Waals surface area contributed by atoms with E-state index in [2.05, 4.69) is 106 Å². The van der Waals surface area contributed by atoms with Gasteiger partial charge in [-0.3, -0.25) is 14.4 Å². The molecule has 0 saturated heterocycles. The highest BCUT2D eigenvalue weighted by molar-refractivity contribution is 5.71. The number of unbranched alkanes of at least 4 members (excludes halogenated alkanes) is 27. The first kappa shape index (κ1) is 65.6. The number of carbonyl (C=O) groups excluding carboxylic acids is 3. The van der Waals surface area contributed by atoms with Gasteiger partial charge >= 0.3 is 17.9 Å². The fraction of sp³-hybridized carbons (Fsp3) is 0.730. The summed E-state index contributed by atoms with van der Waals surface area (Å²) in [6.45, 7) is 6.53. The van der Waals surface area contributed by atoms with E-state index in [4.69, 9.17) is 14.2 Å².